The molecule has 0 fully saturated rings. The summed E-state index contributed by atoms with van der Waals surface area (Å²) in [5, 5.41) is 2.54. The van der Waals surface area contributed by atoms with Gasteiger partial charge in [0.1, 0.15) is 5.82 Å². The van der Waals surface area contributed by atoms with Gasteiger partial charge in [-0.2, -0.15) is 0 Å². The number of halogens is 2. The van der Waals surface area contributed by atoms with Gasteiger partial charge in [0, 0.05) is 18.7 Å². The van der Waals surface area contributed by atoms with Gasteiger partial charge < -0.3 is 14.8 Å². The number of hydrogen-bond acceptors (Lipinski definition) is 4. The molecule has 7 heteroatoms. The van der Waals surface area contributed by atoms with Gasteiger partial charge in [-0.05, 0) is 18.1 Å². The van der Waals surface area contributed by atoms with Crippen molar-refractivity contribution in [3.05, 3.63) is 42.0 Å². The van der Waals surface area contributed by atoms with E-state index >= 15 is 0 Å². The summed E-state index contributed by atoms with van der Waals surface area (Å²) >= 11 is 0. The molecule has 0 aromatic heterocycles. The van der Waals surface area contributed by atoms with Gasteiger partial charge in [0.2, 0.25) is 0 Å². The van der Waals surface area contributed by atoms with Crippen LogP contribution in [0.1, 0.15) is 13.8 Å². The van der Waals surface area contributed by atoms with Gasteiger partial charge in [-0.25, -0.2) is 13.6 Å². The van der Waals surface area contributed by atoms with Crippen molar-refractivity contribution in [1.82, 2.24) is 5.32 Å². The van der Waals surface area contributed by atoms with Gasteiger partial charge >= 0.3 is 5.97 Å². The van der Waals surface area contributed by atoms with E-state index in [0.717, 1.165) is 12.1 Å². The van der Waals surface area contributed by atoms with Crippen LogP contribution < -0.4 is 10.1 Å². The molecule has 23 heavy (non-hydrogen) atoms. The fourth-order valence-corrected chi connectivity index (χ4v) is 1.68. The highest BCUT2D eigenvalue weighted by molar-refractivity contribution is 5.83. The maximum atomic E-state index is 13.6. The second-order valence-corrected chi connectivity index (χ2v) is 5.03. The molecule has 0 aliphatic heterocycles. The van der Waals surface area contributed by atoms with E-state index in [1.54, 1.807) is 13.8 Å². The number of amides is 1. The van der Waals surface area contributed by atoms with Crippen molar-refractivity contribution in [3.8, 4) is 5.75 Å². The summed E-state index contributed by atoms with van der Waals surface area (Å²) in [5.41, 5.74) is 0. The molecule has 0 saturated heterocycles. The van der Waals surface area contributed by atoms with Gasteiger partial charge in [-0.15, -0.1) is 0 Å². The topological polar surface area (TPSA) is 64.6 Å². The van der Waals surface area contributed by atoms with Crippen molar-refractivity contribution >= 4 is 11.9 Å². The quantitative estimate of drug-likeness (QED) is 0.616. The molecule has 0 aliphatic rings. The predicted octanol–water partition coefficient (Wildman–Crippen LogP) is 2.21. The smallest absolute Gasteiger partial charge is 0.330 e. The molecule has 1 amide bonds. The van der Waals surface area contributed by atoms with E-state index in [1.807, 2.05) is 0 Å². The highest BCUT2D eigenvalue weighted by atomic mass is 19.1. The number of esters is 1. The minimum absolute atomic E-state index is 0.0897. The van der Waals surface area contributed by atoms with E-state index in [9.17, 15) is 18.4 Å². The first-order valence-electron chi connectivity index (χ1n) is 6.99. The van der Waals surface area contributed by atoms with Crippen molar-refractivity contribution in [2.75, 3.05) is 13.7 Å². The number of methoxy groups -OCH3 is 1. The maximum absolute atomic E-state index is 13.6. The average Bonchev–Trinajstić information content (AvgIpc) is 2.49. The lowest BCUT2D eigenvalue weighted by molar-refractivity contribution is -0.135. The Hall–Kier alpha value is -2.44. The molecular weight excluding hydrogens is 308 g/mol. The van der Waals surface area contributed by atoms with Crippen molar-refractivity contribution in [2.24, 2.45) is 5.92 Å². The second kappa shape index (κ2) is 8.87. The highest BCUT2D eigenvalue weighted by Gasteiger charge is 2.25. The third-order valence-electron chi connectivity index (χ3n) is 2.86. The van der Waals surface area contributed by atoms with Gasteiger partial charge in [-0.3, -0.25) is 4.79 Å². The number of ether oxygens (including phenoxy) is 2. The molecule has 1 aromatic rings. The number of carbonyl (C=O) groups is 2. The summed E-state index contributed by atoms with van der Waals surface area (Å²) < 4.78 is 36.3. The van der Waals surface area contributed by atoms with Crippen LogP contribution in [0.4, 0.5) is 8.78 Å². The highest BCUT2D eigenvalue weighted by Crippen LogP contribution is 2.21. The zero-order valence-electron chi connectivity index (χ0n) is 13.1. The lowest BCUT2D eigenvalue weighted by atomic mass is 10.1. The fourth-order valence-electron chi connectivity index (χ4n) is 1.68. The Morgan fingerprint density at radius 1 is 1.30 bits per heavy atom. The Kier molecular flexibility index (Phi) is 7.18. The molecule has 0 radical (unpaired) electrons. The van der Waals surface area contributed by atoms with Crippen LogP contribution in [-0.4, -0.2) is 31.6 Å². The first-order chi connectivity index (χ1) is 10.8. The largest absolute Gasteiger partial charge is 0.477 e. The van der Waals surface area contributed by atoms with E-state index in [0.29, 0.717) is 6.07 Å². The molecule has 0 bridgehead atoms. The predicted molar refractivity (Wildman–Crippen MR) is 79.8 cm³/mol. The summed E-state index contributed by atoms with van der Waals surface area (Å²) in [6.07, 6.45) is 1.63. The van der Waals surface area contributed by atoms with Gasteiger partial charge in [-0.1, -0.05) is 19.9 Å². The van der Waals surface area contributed by atoms with Crippen LogP contribution in [0.15, 0.2) is 30.4 Å². The molecule has 0 saturated carbocycles. The Morgan fingerprint density at radius 3 is 2.57 bits per heavy atom. The minimum atomic E-state index is -0.957. The van der Waals surface area contributed by atoms with Crippen LogP contribution in [0.3, 0.4) is 0 Å². The van der Waals surface area contributed by atoms with Crippen molar-refractivity contribution in [3.63, 3.8) is 0 Å². The summed E-state index contributed by atoms with van der Waals surface area (Å²) in [6, 6.07) is 2.86. The molecule has 1 aromatic carbocycles. The molecule has 1 rings (SSSR count). The van der Waals surface area contributed by atoms with Crippen LogP contribution in [0.25, 0.3) is 0 Å². The molecule has 1 unspecified atom stereocenters. The van der Waals surface area contributed by atoms with Crippen LogP contribution >= 0.6 is 0 Å². The van der Waals surface area contributed by atoms with Crippen LogP contribution in [0.5, 0.6) is 5.75 Å². The lowest BCUT2D eigenvalue weighted by Crippen LogP contribution is -2.42. The summed E-state index contributed by atoms with van der Waals surface area (Å²) in [5.74, 6) is -3.07. The van der Waals surface area contributed by atoms with Crippen molar-refractivity contribution in [1.29, 1.82) is 0 Å². The van der Waals surface area contributed by atoms with Crippen LogP contribution in [0, 0.1) is 17.6 Å². The first kappa shape index (κ1) is 18.6. The molecule has 1 atom stereocenters. The molecule has 0 aliphatic carbocycles. The molecular formula is C16H19F2NO4. The monoisotopic (exact) mass is 327 g/mol. The Morgan fingerprint density at radius 2 is 2.00 bits per heavy atom. The van der Waals surface area contributed by atoms with E-state index in [1.165, 1.54) is 19.3 Å². The van der Waals surface area contributed by atoms with Crippen molar-refractivity contribution in [2.45, 2.75) is 20.0 Å². The van der Waals surface area contributed by atoms with Gasteiger partial charge in [0.15, 0.2) is 17.7 Å². The fraction of sp³-hybridized carbons (Fsp3) is 0.375. The zero-order chi connectivity index (χ0) is 17.4. The Labute approximate surface area is 133 Å². The molecule has 0 spiro atoms. The molecule has 5 nitrogen and oxygen atoms in total. The Balaban J connectivity index is 2.68. The maximum Gasteiger partial charge on any atom is 0.330 e. The van der Waals surface area contributed by atoms with Crippen molar-refractivity contribution < 1.29 is 27.8 Å². The standard InChI is InChI=1S/C16H19F2NO4/c1-10(2)15(16(21)19-8-4-5-14(20)22-3)23-13-7-6-11(17)9-12(13)18/h4-7,9-10,15H,8H2,1-3H3,(H,19,21)/b5-4+. The molecule has 0 heterocycles. The summed E-state index contributed by atoms with van der Waals surface area (Å²) in [4.78, 5) is 23.0. The minimum Gasteiger partial charge on any atom is -0.477 e. The third kappa shape index (κ3) is 6.06. The summed E-state index contributed by atoms with van der Waals surface area (Å²) in [7, 11) is 1.24. The number of carbonyl (C=O) groups excluding carboxylic acids is 2. The zero-order valence-corrected chi connectivity index (χ0v) is 13.1. The molecule has 1 N–H and O–H groups in total. The normalized spacial score (nSPS) is 12.3. The van der Waals surface area contributed by atoms with E-state index in [2.05, 4.69) is 10.1 Å². The van der Waals surface area contributed by atoms with E-state index in [4.69, 9.17) is 4.74 Å². The number of rotatable bonds is 7. The van der Waals surface area contributed by atoms with E-state index in [-0.39, 0.29) is 18.2 Å². The SMILES string of the molecule is COC(=O)/C=C/CNC(=O)C(Oc1ccc(F)cc1F)C(C)C. The second-order valence-electron chi connectivity index (χ2n) is 5.03. The van der Waals surface area contributed by atoms with Gasteiger partial charge in [0.25, 0.3) is 5.91 Å². The third-order valence-corrected chi connectivity index (χ3v) is 2.86. The number of benzene rings is 1. The Bertz CT molecular complexity index is 587. The van der Waals surface area contributed by atoms with Crippen LogP contribution in [0.2, 0.25) is 0 Å². The van der Waals surface area contributed by atoms with Crippen LogP contribution in [-0.2, 0) is 14.3 Å². The average molecular weight is 327 g/mol. The first-order valence-corrected chi connectivity index (χ1v) is 6.99. The van der Waals surface area contributed by atoms with E-state index < -0.39 is 29.6 Å². The lowest BCUT2D eigenvalue weighted by Gasteiger charge is -2.21. The molecule has 126 valence electrons. The number of nitrogens with one attached hydrogen (secondary N) is 1. The number of hydrogen-bond donors (Lipinski definition) is 1. The summed E-state index contributed by atoms with van der Waals surface area (Å²) in [6.45, 7) is 3.55. The van der Waals surface area contributed by atoms with Gasteiger partial charge in [0.05, 0.1) is 7.11 Å².